The van der Waals surface area contributed by atoms with Crippen LogP contribution in [0.15, 0.2) is 0 Å². The lowest BCUT2D eigenvalue weighted by molar-refractivity contribution is -0.143. The first-order valence-corrected chi connectivity index (χ1v) is 19.6. The number of hydrogen-bond acceptors (Lipinski definition) is 14. The fraction of sp³-hybridized carbons (Fsp3) is 0.714. The highest BCUT2D eigenvalue weighted by Crippen LogP contribution is 2.19. The summed E-state index contributed by atoms with van der Waals surface area (Å²) in [5.41, 5.74) is 5.49. The van der Waals surface area contributed by atoms with Gasteiger partial charge < -0.3 is 68.3 Å². The third kappa shape index (κ3) is 17.0. The number of aliphatic carboxylic acids is 2. The first kappa shape index (κ1) is 51.9. The summed E-state index contributed by atoms with van der Waals surface area (Å²) < 4.78 is 0. The minimum absolute atomic E-state index is 0.0239. The number of likely N-dealkylation sites (tertiary alicyclic amines) is 1. The minimum atomic E-state index is -1.76. The Labute approximate surface area is 346 Å². The van der Waals surface area contributed by atoms with E-state index >= 15 is 0 Å². The molecule has 13 N–H and O–H groups in total. The van der Waals surface area contributed by atoms with Crippen molar-refractivity contribution < 1.29 is 68.4 Å². The molecule has 1 rings (SSSR count). The van der Waals surface area contributed by atoms with Gasteiger partial charge in [0.2, 0.25) is 47.3 Å². The molecule has 0 aromatic carbocycles. The van der Waals surface area contributed by atoms with Gasteiger partial charge in [-0.05, 0) is 59.3 Å². The minimum Gasteiger partial charge on any atom is -0.481 e. The number of nitrogens with two attached hydrogens (primary N) is 1. The van der Waals surface area contributed by atoms with Crippen molar-refractivity contribution in [2.45, 2.75) is 134 Å². The molecular weight excluding hydrogens is 803 g/mol. The van der Waals surface area contributed by atoms with Crippen LogP contribution in [0.4, 0.5) is 0 Å². The average molecular weight is 862 g/mol. The van der Waals surface area contributed by atoms with Gasteiger partial charge >= 0.3 is 11.9 Å². The molecule has 0 aliphatic carbocycles. The van der Waals surface area contributed by atoms with Gasteiger partial charge in [0.1, 0.15) is 48.3 Å². The summed E-state index contributed by atoms with van der Waals surface area (Å²) >= 11 is 4.09. The lowest BCUT2D eigenvalue weighted by atomic mass is 10.0. The summed E-state index contributed by atoms with van der Waals surface area (Å²) in [4.78, 5) is 128. The second-order valence-electron chi connectivity index (χ2n) is 14.7. The fourth-order valence-corrected chi connectivity index (χ4v) is 5.94. The molecule has 0 unspecified atom stereocenters. The molecule has 10 atom stereocenters. The molecule has 1 heterocycles. The normalized spacial score (nSPS) is 18.3. The van der Waals surface area contributed by atoms with E-state index in [0.29, 0.717) is 6.42 Å². The number of thiol groups is 1. The topological polar surface area (TPSA) is 365 Å². The van der Waals surface area contributed by atoms with Gasteiger partial charge in [0.15, 0.2) is 0 Å². The Kier molecular flexibility index (Phi) is 21.8. The molecular formula is C35H59N9O14S. The maximum Gasteiger partial charge on any atom is 0.326 e. The quantitative estimate of drug-likeness (QED) is 0.0405. The van der Waals surface area contributed by atoms with E-state index in [0.717, 1.165) is 11.8 Å². The van der Waals surface area contributed by atoms with Crippen molar-refractivity contribution in [3.8, 4) is 0 Å². The van der Waals surface area contributed by atoms with Crippen LogP contribution in [-0.4, -0.2) is 164 Å². The molecule has 0 radical (unpaired) electrons. The summed E-state index contributed by atoms with van der Waals surface area (Å²) in [6.45, 7) is 7.83. The van der Waals surface area contributed by atoms with Gasteiger partial charge in [-0.3, -0.25) is 43.2 Å². The first-order valence-electron chi connectivity index (χ1n) is 19.0. The van der Waals surface area contributed by atoms with E-state index in [2.05, 4.69) is 49.8 Å². The lowest BCUT2D eigenvalue weighted by Crippen LogP contribution is -2.61. The number of nitrogens with one attached hydrogen (secondary N) is 7. The highest BCUT2D eigenvalue weighted by atomic mass is 32.1. The summed E-state index contributed by atoms with van der Waals surface area (Å²) in [6.07, 6.45) is -2.13. The van der Waals surface area contributed by atoms with Gasteiger partial charge in [0.05, 0.1) is 18.8 Å². The molecule has 0 aromatic heterocycles. The van der Waals surface area contributed by atoms with Gasteiger partial charge in [0, 0.05) is 18.7 Å². The summed E-state index contributed by atoms with van der Waals surface area (Å²) in [5, 5.41) is 55.2. The van der Waals surface area contributed by atoms with Crippen LogP contribution in [0.3, 0.4) is 0 Å². The zero-order valence-electron chi connectivity index (χ0n) is 33.9. The number of carboxylic acids is 2. The van der Waals surface area contributed by atoms with Crippen molar-refractivity contribution in [1.29, 1.82) is 0 Å². The number of nitrogens with zero attached hydrogens (tertiary/aromatic N) is 1. The van der Waals surface area contributed by atoms with Gasteiger partial charge in [-0.25, -0.2) is 4.79 Å². The van der Waals surface area contributed by atoms with Crippen LogP contribution in [-0.2, 0) is 47.9 Å². The van der Waals surface area contributed by atoms with Gasteiger partial charge in [-0.15, -0.1) is 0 Å². The molecule has 0 aromatic rings. The highest BCUT2D eigenvalue weighted by molar-refractivity contribution is 7.80. The van der Waals surface area contributed by atoms with Crippen LogP contribution in [0.5, 0.6) is 0 Å². The molecule has 8 amide bonds. The molecule has 23 nitrogen and oxygen atoms in total. The number of rotatable bonds is 24. The Morgan fingerprint density at radius 3 is 1.71 bits per heavy atom. The summed E-state index contributed by atoms with van der Waals surface area (Å²) in [5.74, 6) is -10.3. The van der Waals surface area contributed by atoms with E-state index in [4.69, 9.17) is 5.73 Å². The maximum atomic E-state index is 13.3. The SMILES string of the molecule is CC(C)C[C@H](NC(=O)[C@H](CCC(=O)O)NC(=O)[C@@H](NC(=O)[C@H](CS)NC(=O)[C@H](C)NC(=O)[C@@H]1CCCN1C(=O)[C@H](CO)NC(=O)[C@H](C)NC(=O)[C@H](C)N)[C@@H](C)O)C(=O)O. The predicted octanol–water partition coefficient (Wildman–Crippen LogP) is -4.94. The van der Waals surface area contributed by atoms with Crippen molar-refractivity contribution in [2.24, 2.45) is 11.7 Å². The number of carbonyl (C=O) groups is 10. The van der Waals surface area contributed by atoms with Crippen molar-refractivity contribution in [3.63, 3.8) is 0 Å². The first-order chi connectivity index (χ1) is 27.4. The number of aliphatic hydroxyl groups is 2. The van der Waals surface area contributed by atoms with Gasteiger partial charge in [0.25, 0.3) is 0 Å². The Hall–Kier alpha value is -5.07. The number of aliphatic hydroxyl groups excluding tert-OH is 2. The molecule has 59 heavy (non-hydrogen) atoms. The monoisotopic (exact) mass is 861 g/mol. The Morgan fingerprint density at radius 1 is 0.695 bits per heavy atom. The van der Waals surface area contributed by atoms with Gasteiger partial charge in [-0.1, -0.05) is 13.8 Å². The van der Waals surface area contributed by atoms with E-state index in [1.54, 1.807) is 13.8 Å². The zero-order chi connectivity index (χ0) is 45.3. The summed E-state index contributed by atoms with van der Waals surface area (Å²) in [6, 6.07) is -12.1. The third-order valence-corrected chi connectivity index (χ3v) is 9.40. The third-order valence-electron chi connectivity index (χ3n) is 9.03. The molecule has 0 bridgehead atoms. The second kappa shape index (κ2) is 24.8. The Balaban J connectivity index is 2.99. The maximum absolute atomic E-state index is 13.3. The standard InChI is InChI=1S/C35H59N9O14S/c1-15(2)12-21(35(57)58)40-30(52)20(9-10-25(47)48)39-33(55)26(19(6)46)43-31(53)23(14-59)42-29(51)18(5)38-32(54)24-8-7-11-44(24)34(56)22(13-45)41-28(50)17(4)37-27(49)16(3)36/h15-24,26,45-46,59H,7-14,36H2,1-6H3,(H,37,49)(H,38,54)(H,39,55)(H,40,52)(H,41,50)(H,42,51)(H,43,53)(H,47,48)(H,57,58)/t16-,17-,18-,19+,20-,21-,22-,23-,24-,26-/m0/s1. The second-order valence-corrected chi connectivity index (χ2v) is 15.0. The Bertz CT molecular complexity index is 1550. The fourth-order valence-electron chi connectivity index (χ4n) is 5.68. The summed E-state index contributed by atoms with van der Waals surface area (Å²) in [7, 11) is 0. The highest BCUT2D eigenvalue weighted by Gasteiger charge is 2.39. The zero-order valence-corrected chi connectivity index (χ0v) is 34.7. The number of carbonyl (C=O) groups excluding carboxylic acids is 8. The molecule has 24 heteroatoms. The van der Waals surface area contributed by atoms with E-state index in [-0.39, 0.29) is 31.1 Å². The lowest BCUT2D eigenvalue weighted by Gasteiger charge is -2.29. The van der Waals surface area contributed by atoms with Crippen LogP contribution in [0.2, 0.25) is 0 Å². The van der Waals surface area contributed by atoms with Crippen LogP contribution in [0.25, 0.3) is 0 Å². The van der Waals surface area contributed by atoms with E-state index < -0.39 is 139 Å². The van der Waals surface area contributed by atoms with Crippen molar-refractivity contribution in [2.75, 3.05) is 18.9 Å². The van der Waals surface area contributed by atoms with E-state index in [9.17, 15) is 68.4 Å². The number of carboxylic acid groups (broad SMARTS) is 2. The van der Waals surface area contributed by atoms with Crippen molar-refractivity contribution >= 4 is 71.8 Å². The largest absolute Gasteiger partial charge is 0.481 e. The number of hydrogen-bond donors (Lipinski definition) is 13. The molecule has 1 aliphatic heterocycles. The molecule has 1 aliphatic rings. The van der Waals surface area contributed by atoms with Crippen LogP contribution < -0.4 is 43.0 Å². The van der Waals surface area contributed by atoms with Crippen LogP contribution in [0, 0.1) is 5.92 Å². The molecule has 334 valence electrons. The van der Waals surface area contributed by atoms with E-state index in [1.807, 2.05) is 0 Å². The van der Waals surface area contributed by atoms with E-state index in [1.165, 1.54) is 20.8 Å². The van der Waals surface area contributed by atoms with Crippen LogP contribution >= 0.6 is 12.6 Å². The van der Waals surface area contributed by atoms with Crippen molar-refractivity contribution in [1.82, 2.24) is 42.1 Å². The molecule has 0 saturated carbocycles. The molecule has 1 saturated heterocycles. The average Bonchev–Trinajstić information content (AvgIpc) is 3.65. The number of amides is 8. The Morgan fingerprint density at radius 2 is 1.22 bits per heavy atom. The van der Waals surface area contributed by atoms with Gasteiger partial charge in [-0.2, -0.15) is 12.6 Å². The predicted molar refractivity (Wildman–Crippen MR) is 210 cm³/mol. The van der Waals surface area contributed by atoms with Crippen LogP contribution in [0.1, 0.15) is 73.6 Å². The molecule has 0 spiro atoms. The van der Waals surface area contributed by atoms with Crippen molar-refractivity contribution in [3.05, 3.63) is 0 Å². The molecule has 1 fully saturated rings. The smallest absolute Gasteiger partial charge is 0.326 e.